The van der Waals surface area contributed by atoms with Gasteiger partial charge in [0.15, 0.2) is 0 Å². The van der Waals surface area contributed by atoms with E-state index in [0.29, 0.717) is 5.92 Å². The number of benzene rings is 1. The van der Waals surface area contributed by atoms with E-state index in [9.17, 15) is 4.79 Å². The zero-order valence-electron chi connectivity index (χ0n) is 12.3. The second-order valence-electron chi connectivity index (χ2n) is 5.78. The Labute approximate surface area is 116 Å². The first-order valence-corrected chi connectivity index (χ1v) is 7.04. The van der Waals surface area contributed by atoms with Crippen LogP contribution in [-0.4, -0.2) is 30.9 Å². The van der Waals surface area contributed by atoms with Gasteiger partial charge in [0.2, 0.25) is 5.91 Å². The van der Waals surface area contributed by atoms with Gasteiger partial charge in [0.25, 0.3) is 0 Å². The summed E-state index contributed by atoms with van der Waals surface area (Å²) in [6.07, 6.45) is 0. The summed E-state index contributed by atoms with van der Waals surface area (Å²) >= 11 is 0. The summed E-state index contributed by atoms with van der Waals surface area (Å²) in [6.45, 7) is 8.08. The number of hydrogen-bond acceptors (Lipinski definition) is 2. The number of carbonyl (C=O) groups excluding carboxylic acids is 1. The standard InChI is InChI=1S/C16H24N2O/c1-11-5-7-14(8-6-11)13(3)18(4)16(19)15-10-17-9-12(15)2/h5-8,12-13,15,17H,9-10H2,1-4H3. The van der Waals surface area contributed by atoms with Crippen LogP contribution in [0.2, 0.25) is 0 Å². The highest BCUT2D eigenvalue weighted by Crippen LogP contribution is 2.24. The molecule has 2 rings (SSSR count). The number of nitrogens with one attached hydrogen (secondary N) is 1. The summed E-state index contributed by atoms with van der Waals surface area (Å²) in [5.74, 6) is 0.809. The molecular weight excluding hydrogens is 236 g/mol. The van der Waals surface area contributed by atoms with Crippen molar-refractivity contribution in [1.82, 2.24) is 10.2 Å². The molecule has 3 atom stereocenters. The summed E-state index contributed by atoms with van der Waals surface area (Å²) in [7, 11) is 1.91. The van der Waals surface area contributed by atoms with Crippen LogP contribution in [0.5, 0.6) is 0 Å². The molecule has 1 aromatic carbocycles. The van der Waals surface area contributed by atoms with Crippen LogP contribution in [0.15, 0.2) is 24.3 Å². The van der Waals surface area contributed by atoms with E-state index in [-0.39, 0.29) is 17.9 Å². The quantitative estimate of drug-likeness (QED) is 0.905. The van der Waals surface area contributed by atoms with Crippen molar-refractivity contribution >= 4 is 5.91 Å². The molecule has 0 radical (unpaired) electrons. The average molecular weight is 260 g/mol. The lowest BCUT2D eigenvalue weighted by atomic mass is 9.95. The molecule has 1 N–H and O–H groups in total. The molecule has 3 unspecified atom stereocenters. The van der Waals surface area contributed by atoms with Gasteiger partial charge in [0.05, 0.1) is 12.0 Å². The molecule has 3 heteroatoms. The van der Waals surface area contributed by atoms with E-state index in [0.717, 1.165) is 13.1 Å². The Balaban J connectivity index is 2.08. The maximum atomic E-state index is 12.5. The molecule has 1 heterocycles. The Morgan fingerprint density at radius 1 is 1.32 bits per heavy atom. The fourth-order valence-electron chi connectivity index (χ4n) is 2.66. The summed E-state index contributed by atoms with van der Waals surface area (Å²) in [5.41, 5.74) is 2.44. The van der Waals surface area contributed by atoms with Crippen molar-refractivity contribution in [2.75, 3.05) is 20.1 Å². The van der Waals surface area contributed by atoms with Crippen LogP contribution in [0.4, 0.5) is 0 Å². The monoisotopic (exact) mass is 260 g/mol. The number of rotatable bonds is 3. The molecule has 1 amide bonds. The summed E-state index contributed by atoms with van der Waals surface area (Å²) in [6, 6.07) is 8.55. The number of amides is 1. The highest BCUT2D eigenvalue weighted by atomic mass is 16.2. The van der Waals surface area contributed by atoms with Crippen molar-refractivity contribution in [1.29, 1.82) is 0 Å². The minimum absolute atomic E-state index is 0.123. The Kier molecular flexibility index (Phi) is 4.25. The van der Waals surface area contributed by atoms with Crippen molar-refractivity contribution in [3.8, 4) is 0 Å². The van der Waals surface area contributed by atoms with Crippen LogP contribution >= 0.6 is 0 Å². The van der Waals surface area contributed by atoms with Crippen LogP contribution in [0.25, 0.3) is 0 Å². The van der Waals surface area contributed by atoms with E-state index in [1.165, 1.54) is 11.1 Å². The summed E-state index contributed by atoms with van der Waals surface area (Å²) < 4.78 is 0. The van der Waals surface area contributed by atoms with Gasteiger partial charge in [-0.25, -0.2) is 0 Å². The van der Waals surface area contributed by atoms with E-state index in [2.05, 4.69) is 50.4 Å². The first kappa shape index (κ1) is 14.1. The van der Waals surface area contributed by atoms with Gasteiger partial charge >= 0.3 is 0 Å². The van der Waals surface area contributed by atoms with Gasteiger partial charge in [-0.15, -0.1) is 0 Å². The molecule has 0 saturated carbocycles. The zero-order valence-corrected chi connectivity index (χ0v) is 12.3. The SMILES string of the molecule is Cc1ccc(C(C)N(C)C(=O)C2CNCC2C)cc1. The van der Waals surface area contributed by atoms with Crippen LogP contribution in [-0.2, 0) is 4.79 Å². The molecular formula is C16H24N2O. The second kappa shape index (κ2) is 5.74. The largest absolute Gasteiger partial charge is 0.339 e. The van der Waals surface area contributed by atoms with Crippen molar-refractivity contribution in [3.63, 3.8) is 0 Å². The molecule has 0 aromatic heterocycles. The van der Waals surface area contributed by atoms with E-state index in [1.807, 2.05) is 11.9 Å². The first-order valence-electron chi connectivity index (χ1n) is 7.04. The third-order valence-electron chi connectivity index (χ3n) is 4.32. The Morgan fingerprint density at radius 2 is 1.95 bits per heavy atom. The molecule has 1 aliphatic heterocycles. The Bertz CT molecular complexity index is 441. The Morgan fingerprint density at radius 3 is 2.47 bits per heavy atom. The molecule has 0 aliphatic carbocycles. The minimum atomic E-state index is 0.123. The van der Waals surface area contributed by atoms with E-state index >= 15 is 0 Å². The van der Waals surface area contributed by atoms with E-state index < -0.39 is 0 Å². The van der Waals surface area contributed by atoms with Gasteiger partial charge in [-0.3, -0.25) is 4.79 Å². The highest BCUT2D eigenvalue weighted by molar-refractivity contribution is 5.80. The molecule has 104 valence electrons. The van der Waals surface area contributed by atoms with Crippen molar-refractivity contribution < 1.29 is 4.79 Å². The topological polar surface area (TPSA) is 32.3 Å². The molecule has 1 aromatic rings. The lowest BCUT2D eigenvalue weighted by Gasteiger charge is -2.29. The maximum absolute atomic E-state index is 12.5. The van der Waals surface area contributed by atoms with Crippen LogP contribution in [0.3, 0.4) is 0 Å². The molecule has 3 nitrogen and oxygen atoms in total. The van der Waals surface area contributed by atoms with Gasteiger partial charge in [0, 0.05) is 13.6 Å². The highest BCUT2D eigenvalue weighted by Gasteiger charge is 2.33. The molecule has 1 aliphatic rings. The lowest BCUT2D eigenvalue weighted by molar-refractivity contribution is -0.136. The predicted molar refractivity (Wildman–Crippen MR) is 77.9 cm³/mol. The van der Waals surface area contributed by atoms with Crippen LogP contribution in [0, 0.1) is 18.8 Å². The molecule has 1 saturated heterocycles. The Hall–Kier alpha value is -1.35. The molecule has 1 fully saturated rings. The third kappa shape index (κ3) is 2.98. The van der Waals surface area contributed by atoms with Gasteiger partial charge in [-0.1, -0.05) is 36.8 Å². The van der Waals surface area contributed by atoms with Crippen molar-refractivity contribution in [3.05, 3.63) is 35.4 Å². The number of carbonyl (C=O) groups is 1. The van der Waals surface area contributed by atoms with Gasteiger partial charge in [0.1, 0.15) is 0 Å². The first-order chi connectivity index (χ1) is 9.00. The van der Waals surface area contributed by atoms with Crippen LogP contribution in [0.1, 0.15) is 31.0 Å². The maximum Gasteiger partial charge on any atom is 0.227 e. The van der Waals surface area contributed by atoms with Crippen molar-refractivity contribution in [2.24, 2.45) is 11.8 Å². The number of hydrogen-bond donors (Lipinski definition) is 1. The molecule has 0 bridgehead atoms. The zero-order chi connectivity index (χ0) is 14.0. The fourth-order valence-corrected chi connectivity index (χ4v) is 2.66. The van der Waals surface area contributed by atoms with Gasteiger partial charge in [-0.2, -0.15) is 0 Å². The number of aryl methyl sites for hydroxylation is 1. The second-order valence-corrected chi connectivity index (χ2v) is 5.78. The predicted octanol–water partition coefficient (Wildman–Crippen LogP) is 2.37. The average Bonchev–Trinajstić information content (AvgIpc) is 2.83. The normalized spacial score (nSPS) is 24.2. The van der Waals surface area contributed by atoms with Gasteiger partial charge in [-0.05, 0) is 31.9 Å². The summed E-state index contributed by atoms with van der Waals surface area (Å²) in [4.78, 5) is 14.4. The molecule has 0 spiro atoms. The third-order valence-corrected chi connectivity index (χ3v) is 4.32. The van der Waals surface area contributed by atoms with E-state index in [1.54, 1.807) is 0 Å². The van der Waals surface area contributed by atoms with E-state index in [4.69, 9.17) is 0 Å². The molecule has 19 heavy (non-hydrogen) atoms. The summed E-state index contributed by atoms with van der Waals surface area (Å²) in [5, 5.41) is 3.30. The van der Waals surface area contributed by atoms with Crippen molar-refractivity contribution in [2.45, 2.75) is 26.8 Å². The minimum Gasteiger partial charge on any atom is -0.339 e. The lowest BCUT2D eigenvalue weighted by Crippen LogP contribution is -2.37. The smallest absolute Gasteiger partial charge is 0.227 e. The van der Waals surface area contributed by atoms with Crippen LogP contribution < -0.4 is 5.32 Å². The number of nitrogens with zero attached hydrogens (tertiary/aromatic N) is 1. The van der Waals surface area contributed by atoms with Gasteiger partial charge < -0.3 is 10.2 Å². The fraction of sp³-hybridized carbons (Fsp3) is 0.562.